The minimum absolute atomic E-state index is 0.394. The predicted molar refractivity (Wildman–Crippen MR) is 123 cm³/mol. The lowest BCUT2D eigenvalue weighted by molar-refractivity contribution is -0.123. The first kappa shape index (κ1) is 22.3. The van der Waals surface area contributed by atoms with Crippen LogP contribution in [0.5, 0.6) is 0 Å². The summed E-state index contributed by atoms with van der Waals surface area (Å²) in [6.07, 6.45) is 4.84. The van der Waals surface area contributed by atoms with Crippen molar-refractivity contribution in [3.05, 3.63) is 65.2 Å². The Balaban J connectivity index is 1.58. The summed E-state index contributed by atoms with van der Waals surface area (Å²) in [5.74, 6) is -0.629. The molecule has 0 unspecified atom stereocenters. The molecule has 8 nitrogen and oxygen atoms in total. The number of para-hydroxylation sites is 1. The fraction of sp³-hybridized carbons (Fsp3) is 0.280. The molecule has 2 N–H and O–H groups in total. The van der Waals surface area contributed by atoms with Crippen molar-refractivity contribution in [2.45, 2.75) is 39.2 Å². The van der Waals surface area contributed by atoms with E-state index < -0.39 is 30.1 Å². The van der Waals surface area contributed by atoms with Gasteiger partial charge in [0.2, 0.25) is 0 Å². The smallest absolute Gasteiger partial charge is 0.339 e. The van der Waals surface area contributed by atoms with Gasteiger partial charge in [0.25, 0.3) is 5.91 Å². The van der Waals surface area contributed by atoms with Crippen LogP contribution in [0.25, 0.3) is 22.6 Å². The van der Waals surface area contributed by atoms with Crippen LogP contribution in [0, 0.1) is 0 Å². The van der Waals surface area contributed by atoms with Crippen LogP contribution in [-0.2, 0) is 16.0 Å². The summed E-state index contributed by atoms with van der Waals surface area (Å²) in [7, 11) is 0. The molecule has 1 aliphatic rings. The van der Waals surface area contributed by atoms with Crippen LogP contribution in [0.4, 0.5) is 4.79 Å². The van der Waals surface area contributed by atoms with Crippen molar-refractivity contribution in [2.24, 2.45) is 0 Å². The zero-order chi connectivity index (χ0) is 23.6. The van der Waals surface area contributed by atoms with Gasteiger partial charge in [-0.2, -0.15) is 0 Å². The van der Waals surface area contributed by atoms with E-state index >= 15 is 0 Å². The average Bonchev–Trinajstić information content (AvgIpc) is 3.39. The van der Waals surface area contributed by atoms with E-state index in [0.29, 0.717) is 35.1 Å². The van der Waals surface area contributed by atoms with Crippen LogP contribution in [-0.4, -0.2) is 35.0 Å². The third-order valence-electron chi connectivity index (χ3n) is 5.08. The number of ether oxygens (including phenoxy) is 1. The number of rotatable bonds is 4. The van der Waals surface area contributed by atoms with Crippen molar-refractivity contribution < 1.29 is 23.5 Å². The van der Waals surface area contributed by atoms with Crippen LogP contribution in [0.1, 0.15) is 54.6 Å². The van der Waals surface area contributed by atoms with E-state index in [1.54, 1.807) is 27.0 Å². The first-order valence-electron chi connectivity index (χ1n) is 10.7. The lowest BCUT2D eigenvalue weighted by Gasteiger charge is -2.20. The Morgan fingerprint density at radius 1 is 1.12 bits per heavy atom. The van der Waals surface area contributed by atoms with E-state index in [1.165, 1.54) is 0 Å². The third kappa shape index (κ3) is 5.11. The fourth-order valence-electron chi connectivity index (χ4n) is 3.80. The molecule has 1 aliphatic carbocycles. The summed E-state index contributed by atoms with van der Waals surface area (Å²) in [6.45, 7) is 4.80. The van der Waals surface area contributed by atoms with Crippen LogP contribution >= 0.6 is 0 Å². The number of benzene rings is 1. The van der Waals surface area contributed by atoms with Crippen molar-refractivity contribution >= 4 is 40.5 Å². The van der Waals surface area contributed by atoms with Crippen LogP contribution in [0.3, 0.4) is 0 Å². The summed E-state index contributed by atoms with van der Waals surface area (Å²) in [6, 6.07) is 10.3. The number of imide groups is 1. The molecule has 1 aromatic carbocycles. The van der Waals surface area contributed by atoms with Gasteiger partial charge < -0.3 is 14.5 Å². The van der Waals surface area contributed by atoms with Crippen molar-refractivity contribution in [2.75, 3.05) is 6.61 Å². The highest BCUT2D eigenvalue weighted by molar-refractivity contribution is 6.08. The van der Waals surface area contributed by atoms with Crippen molar-refractivity contribution in [1.82, 2.24) is 15.6 Å². The molecule has 0 saturated carbocycles. The summed E-state index contributed by atoms with van der Waals surface area (Å²) >= 11 is 0. The van der Waals surface area contributed by atoms with Gasteiger partial charge in [0.15, 0.2) is 6.61 Å². The molecule has 0 saturated heterocycles. The Kier molecular flexibility index (Phi) is 6.00. The molecule has 170 valence electrons. The van der Waals surface area contributed by atoms with Crippen LogP contribution in [0.15, 0.2) is 47.1 Å². The molecule has 3 aromatic rings. The zero-order valence-electron chi connectivity index (χ0n) is 18.7. The third-order valence-corrected chi connectivity index (χ3v) is 5.08. The van der Waals surface area contributed by atoms with E-state index in [-0.39, 0.29) is 0 Å². The number of hydrogen-bond donors (Lipinski definition) is 2. The van der Waals surface area contributed by atoms with Gasteiger partial charge >= 0.3 is 12.0 Å². The number of fused-ring (bicyclic) bond motifs is 2. The van der Waals surface area contributed by atoms with E-state index in [0.717, 1.165) is 16.8 Å². The Hall–Kier alpha value is -3.94. The topological polar surface area (TPSA) is 111 Å². The highest BCUT2D eigenvalue weighted by Gasteiger charge is 2.28. The number of pyridine rings is 1. The Labute approximate surface area is 191 Å². The maximum atomic E-state index is 13.1. The average molecular weight is 447 g/mol. The van der Waals surface area contributed by atoms with Crippen molar-refractivity contribution in [3.8, 4) is 0 Å². The van der Waals surface area contributed by atoms with Gasteiger partial charge in [0.05, 0.1) is 23.0 Å². The normalized spacial score (nSPS) is 14.2. The number of urea groups is 1. The van der Waals surface area contributed by atoms with Gasteiger partial charge in [0, 0.05) is 10.9 Å². The molecule has 0 fully saturated rings. The van der Waals surface area contributed by atoms with Gasteiger partial charge in [-0.25, -0.2) is 14.6 Å². The molecule has 8 heteroatoms. The quantitative estimate of drug-likeness (QED) is 0.583. The highest BCUT2D eigenvalue weighted by Crippen LogP contribution is 2.37. The number of nitrogens with zero attached hydrogens (tertiary/aromatic N) is 1. The molecule has 0 atom stereocenters. The van der Waals surface area contributed by atoms with Gasteiger partial charge in [-0.05, 0) is 69.0 Å². The van der Waals surface area contributed by atoms with E-state index in [1.807, 2.05) is 42.5 Å². The molecule has 0 radical (unpaired) electrons. The first-order valence-corrected chi connectivity index (χ1v) is 10.7. The number of allylic oxidation sites excluding steroid dienone is 1. The molecule has 4 rings (SSSR count). The molecule has 0 spiro atoms. The van der Waals surface area contributed by atoms with Gasteiger partial charge in [-0.3, -0.25) is 10.1 Å². The fourth-order valence-corrected chi connectivity index (χ4v) is 3.80. The standard InChI is InChI=1S/C25H25N3O5/c1-25(2,3)28-24(31)27-20(29)14-33-23(30)21-17-8-4-5-9-19(17)26-22-15(10-11-18(21)22)13-16-7-6-12-32-16/h4-9,12-13H,10-11,14H2,1-3H3,(H2,27,28,29,31)/b15-13-. The number of carbonyl (C=O) groups is 3. The lowest BCUT2D eigenvalue weighted by Crippen LogP contribution is -2.49. The number of amides is 3. The Bertz CT molecular complexity index is 1250. The lowest BCUT2D eigenvalue weighted by atomic mass is 10.0. The number of furan rings is 1. The molecule has 2 heterocycles. The zero-order valence-corrected chi connectivity index (χ0v) is 18.7. The van der Waals surface area contributed by atoms with Crippen LogP contribution < -0.4 is 10.6 Å². The van der Waals surface area contributed by atoms with Gasteiger partial charge in [-0.15, -0.1) is 0 Å². The highest BCUT2D eigenvalue weighted by atomic mass is 16.5. The maximum absolute atomic E-state index is 13.1. The summed E-state index contributed by atoms with van der Waals surface area (Å²) in [5.41, 5.74) is 3.03. The largest absolute Gasteiger partial charge is 0.465 e. The molecule has 0 bridgehead atoms. The van der Waals surface area contributed by atoms with E-state index in [9.17, 15) is 14.4 Å². The van der Waals surface area contributed by atoms with Gasteiger partial charge in [0.1, 0.15) is 5.76 Å². The minimum Gasteiger partial charge on any atom is -0.465 e. The van der Waals surface area contributed by atoms with E-state index in [4.69, 9.17) is 14.1 Å². The molecular weight excluding hydrogens is 422 g/mol. The monoisotopic (exact) mass is 447 g/mol. The number of aromatic nitrogens is 1. The minimum atomic E-state index is -0.710. The summed E-state index contributed by atoms with van der Waals surface area (Å²) in [4.78, 5) is 41.9. The molecule has 2 aromatic heterocycles. The van der Waals surface area contributed by atoms with Crippen molar-refractivity contribution in [3.63, 3.8) is 0 Å². The summed E-state index contributed by atoms with van der Waals surface area (Å²) < 4.78 is 10.7. The van der Waals surface area contributed by atoms with Gasteiger partial charge in [-0.1, -0.05) is 18.2 Å². The number of carbonyl (C=O) groups excluding carboxylic acids is 3. The number of esters is 1. The molecule has 3 amide bonds. The number of hydrogen-bond acceptors (Lipinski definition) is 6. The summed E-state index contributed by atoms with van der Waals surface area (Å²) in [5, 5.41) is 5.44. The molecule has 33 heavy (non-hydrogen) atoms. The second kappa shape index (κ2) is 8.90. The Morgan fingerprint density at radius 2 is 1.91 bits per heavy atom. The second-order valence-electron chi connectivity index (χ2n) is 8.84. The Morgan fingerprint density at radius 3 is 2.64 bits per heavy atom. The number of nitrogens with one attached hydrogen (secondary N) is 2. The molecular formula is C25H25N3O5. The second-order valence-corrected chi connectivity index (χ2v) is 8.84. The molecule has 0 aliphatic heterocycles. The van der Waals surface area contributed by atoms with Crippen molar-refractivity contribution in [1.29, 1.82) is 0 Å². The van der Waals surface area contributed by atoms with E-state index in [2.05, 4.69) is 10.6 Å². The maximum Gasteiger partial charge on any atom is 0.339 e. The van der Waals surface area contributed by atoms with Crippen LogP contribution in [0.2, 0.25) is 0 Å². The predicted octanol–water partition coefficient (Wildman–Crippen LogP) is 4.10. The SMILES string of the molecule is CC(C)(C)NC(=O)NC(=O)COC(=O)c1c2c(nc3ccccc13)/C(=C\c1ccco1)CC2. The first-order chi connectivity index (χ1) is 15.7.